The summed E-state index contributed by atoms with van der Waals surface area (Å²) in [5, 5.41) is 0. The summed E-state index contributed by atoms with van der Waals surface area (Å²) >= 11 is 0. The van der Waals surface area contributed by atoms with Crippen LogP contribution >= 0.6 is 0 Å². The normalized spacial score (nSPS) is 15.7. The molecule has 1 aromatic carbocycles. The van der Waals surface area contributed by atoms with E-state index in [2.05, 4.69) is 49.9 Å². The summed E-state index contributed by atoms with van der Waals surface area (Å²) < 4.78 is 0. The van der Waals surface area contributed by atoms with E-state index >= 15 is 0 Å². The van der Waals surface area contributed by atoms with Crippen LogP contribution in [0.4, 0.5) is 11.4 Å². The van der Waals surface area contributed by atoms with Crippen LogP contribution in [0.25, 0.3) is 0 Å². The smallest absolute Gasteiger partial charge is 0.0604 e. The lowest BCUT2D eigenvalue weighted by Gasteiger charge is -2.35. The molecule has 2 heteroatoms. The van der Waals surface area contributed by atoms with E-state index in [1.165, 1.54) is 22.5 Å². The molecule has 0 spiro atoms. The summed E-state index contributed by atoms with van der Waals surface area (Å²) in [4.78, 5) is 4.67. The molecule has 0 aromatic heterocycles. The number of hydrogen-bond acceptors (Lipinski definition) is 2. The second-order valence-corrected chi connectivity index (χ2v) is 4.27. The van der Waals surface area contributed by atoms with E-state index in [0.29, 0.717) is 0 Å². The van der Waals surface area contributed by atoms with Crippen molar-refractivity contribution in [3.05, 3.63) is 23.3 Å². The summed E-state index contributed by atoms with van der Waals surface area (Å²) in [5.41, 5.74) is 5.49. The molecule has 2 nitrogen and oxygen atoms in total. The molecule has 0 unspecified atom stereocenters. The number of likely N-dealkylation sites (N-methyl/N-ethyl adjacent to an activating group) is 2. The predicted molar refractivity (Wildman–Crippen MR) is 62.5 cm³/mol. The molecule has 1 aliphatic rings. The Hall–Kier alpha value is -1.18. The van der Waals surface area contributed by atoms with Gasteiger partial charge in [-0.2, -0.15) is 0 Å². The first-order valence-electron chi connectivity index (χ1n) is 5.13. The largest absolute Gasteiger partial charge is 0.371 e. The molecule has 0 saturated carbocycles. The number of nitrogens with zero attached hydrogens (tertiary/aromatic N) is 2. The Bertz CT molecular complexity index is 323. The number of aryl methyl sites for hydroxylation is 2. The van der Waals surface area contributed by atoms with Crippen LogP contribution in [0.15, 0.2) is 12.1 Å². The molecular formula is C12H18N2. The molecule has 1 aromatic rings. The quantitative estimate of drug-likeness (QED) is 0.618. The minimum absolute atomic E-state index is 1.12. The highest BCUT2D eigenvalue weighted by molar-refractivity contribution is 5.74. The average Bonchev–Trinajstić information content (AvgIpc) is 2.15. The second-order valence-electron chi connectivity index (χ2n) is 4.27. The number of rotatable bonds is 0. The minimum Gasteiger partial charge on any atom is -0.371 e. The third kappa shape index (κ3) is 1.35. The Balaban J connectivity index is 2.56. The van der Waals surface area contributed by atoms with Gasteiger partial charge in [0, 0.05) is 27.2 Å². The Morgan fingerprint density at radius 2 is 1.21 bits per heavy atom. The van der Waals surface area contributed by atoms with E-state index in [4.69, 9.17) is 0 Å². The van der Waals surface area contributed by atoms with E-state index in [1.807, 2.05) is 0 Å². The first-order chi connectivity index (χ1) is 6.59. The van der Waals surface area contributed by atoms with Gasteiger partial charge in [0.05, 0.1) is 11.4 Å². The molecule has 1 aliphatic heterocycles. The fourth-order valence-corrected chi connectivity index (χ4v) is 1.94. The van der Waals surface area contributed by atoms with Crippen LogP contribution in [-0.2, 0) is 0 Å². The predicted octanol–water partition coefficient (Wildman–Crippen LogP) is 2.19. The maximum absolute atomic E-state index is 2.34. The Kier molecular flexibility index (Phi) is 2.14. The second kappa shape index (κ2) is 3.19. The molecule has 14 heavy (non-hydrogen) atoms. The maximum Gasteiger partial charge on any atom is 0.0604 e. The SMILES string of the molecule is Cc1cc2c(cc1C)N(C)CCN2C. The van der Waals surface area contributed by atoms with Crippen molar-refractivity contribution in [2.45, 2.75) is 13.8 Å². The highest BCUT2D eigenvalue weighted by atomic mass is 15.2. The molecule has 0 saturated heterocycles. The average molecular weight is 190 g/mol. The number of fused-ring (bicyclic) bond motifs is 1. The van der Waals surface area contributed by atoms with Crippen molar-refractivity contribution in [1.82, 2.24) is 0 Å². The number of benzene rings is 1. The van der Waals surface area contributed by atoms with Crippen molar-refractivity contribution in [3.8, 4) is 0 Å². The van der Waals surface area contributed by atoms with E-state index in [0.717, 1.165) is 13.1 Å². The molecule has 0 bridgehead atoms. The van der Waals surface area contributed by atoms with Crippen LogP contribution in [0.1, 0.15) is 11.1 Å². The Morgan fingerprint density at radius 1 is 0.857 bits per heavy atom. The van der Waals surface area contributed by atoms with Crippen LogP contribution in [0.2, 0.25) is 0 Å². The fourth-order valence-electron chi connectivity index (χ4n) is 1.94. The van der Waals surface area contributed by atoms with E-state index in [-0.39, 0.29) is 0 Å². The highest BCUT2D eigenvalue weighted by Crippen LogP contribution is 2.33. The van der Waals surface area contributed by atoms with Gasteiger partial charge in [0.15, 0.2) is 0 Å². The van der Waals surface area contributed by atoms with Crippen LogP contribution in [0.3, 0.4) is 0 Å². The van der Waals surface area contributed by atoms with Crippen molar-refractivity contribution in [1.29, 1.82) is 0 Å². The summed E-state index contributed by atoms with van der Waals surface area (Å²) in [5.74, 6) is 0. The van der Waals surface area contributed by atoms with Gasteiger partial charge in [-0.1, -0.05) is 0 Å². The Morgan fingerprint density at radius 3 is 1.57 bits per heavy atom. The van der Waals surface area contributed by atoms with Gasteiger partial charge in [0.2, 0.25) is 0 Å². The number of anilines is 2. The zero-order valence-electron chi connectivity index (χ0n) is 9.46. The van der Waals surface area contributed by atoms with Gasteiger partial charge in [-0.25, -0.2) is 0 Å². The molecular weight excluding hydrogens is 172 g/mol. The lowest BCUT2D eigenvalue weighted by atomic mass is 10.1. The topological polar surface area (TPSA) is 6.48 Å². The van der Waals surface area contributed by atoms with Crippen molar-refractivity contribution in [2.75, 3.05) is 37.0 Å². The Labute approximate surface area is 86.1 Å². The molecule has 1 heterocycles. The first kappa shape index (κ1) is 9.38. The van der Waals surface area contributed by atoms with E-state index in [1.54, 1.807) is 0 Å². The van der Waals surface area contributed by atoms with Gasteiger partial charge < -0.3 is 9.80 Å². The summed E-state index contributed by atoms with van der Waals surface area (Å²) in [6, 6.07) is 4.58. The van der Waals surface area contributed by atoms with Crippen molar-refractivity contribution >= 4 is 11.4 Å². The lowest BCUT2D eigenvalue weighted by molar-refractivity contribution is 0.796. The monoisotopic (exact) mass is 190 g/mol. The van der Waals surface area contributed by atoms with Crippen molar-refractivity contribution in [3.63, 3.8) is 0 Å². The van der Waals surface area contributed by atoms with Gasteiger partial charge in [0.25, 0.3) is 0 Å². The van der Waals surface area contributed by atoms with Gasteiger partial charge in [0.1, 0.15) is 0 Å². The summed E-state index contributed by atoms with van der Waals surface area (Å²) in [7, 11) is 4.33. The van der Waals surface area contributed by atoms with Crippen LogP contribution < -0.4 is 9.80 Å². The molecule has 76 valence electrons. The molecule has 0 radical (unpaired) electrons. The van der Waals surface area contributed by atoms with E-state index < -0.39 is 0 Å². The molecule has 0 fully saturated rings. The summed E-state index contributed by atoms with van der Waals surface area (Å²) in [6.45, 7) is 6.59. The van der Waals surface area contributed by atoms with E-state index in [9.17, 15) is 0 Å². The number of hydrogen-bond donors (Lipinski definition) is 0. The maximum atomic E-state index is 2.34. The highest BCUT2D eigenvalue weighted by Gasteiger charge is 2.17. The molecule has 2 rings (SSSR count). The van der Waals surface area contributed by atoms with Crippen LogP contribution in [0, 0.1) is 13.8 Å². The zero-order chi connectivity index (χ0) is 10.3. The van der Waals surface area contributed by atoms with Crippen molar-refractivity contribution in [2.24, 2.45) is 0 Å². The van der Waals surface area contributed by atoms with Crippen molar-refractivity contribution < 1.29 is 0 Å². The molecule has 0 aliphatic carbocycles. The summed E-state index contributed by atoms with van der Waals surface area (Å²) in [6.07, 6.45) is 0. The van der Waals surface area contributed by atoms with Gasteiger partial charge >= 0.3 is 0 Å². The standard InChI is InChI=1S/C12H18N2/c1-9-7-11-12(8-10(9)2)14(4)6-5-13(11)3/h7-8H,5-6H2,1-4H3. The van der Waals surface area contributed by atoms with Gasteiger partial charge in [-0.15, -0.1) is 0 Å². The van der Waals surface area contributed by atoms with Crippen LogP contribution in [0.5, 0.6) is 0 Å². The molecule has 0 N–H and O–H groups in total. The molecule has 0 atom stereocenters. The minimum atomic E-state index is 1.12. The lowest BCUT2D eigenvalue weighted by Crippen LogP contribution is -2.36. The third-order valence-corrected chi connectivity index (χ3v) is 3.18. The van der Waals surface area contributed by atoms with Crippen LogP contribution in [-0.4, -0.2) is 27.2 Å². The van der Waals surface area contributed by atoms with Gasteiger partial charge in [-0.05, 0) is 37.1 Å². The molecule has 0 amide bonds. The first-order valence-corrected chi connectivity index (χ1v) is 5.13. The zero-order valence-corrected chi connectivity index (χ0v) is 9.46. The fraction of sp³-hybridized carbons (Fsp3) is 0.500. The van der Waals surface area contributed by atoms with Gasteiger partial charge in [-0.3, -0.25) is 0 Å². The third-order valence-electron chi connectivity index (χ3n) is 3.18.